The second kappa shape index (κ2) is 12.5. The summed E-state index contributed by atoms with van der Waals surface area (Å²) in [6.45, 7) is 1.19. The molecule has 3 aromatic carbocycles. The van der Waals surface area contributed by atoms with Crippen molar-refractivity contribution >= 4 is 23.4 Å². The van der Waals surface area contributed by atoms with Crippen LogP contribution in [0.4, 0.5) is 5.69 Å². The molecule has 0 spiro atoms. The Kier molecular flexibility index (Phi) is 8.70. The normalized spacial score (nSPS) is 10.6. The zero-order valence-corrected chi connectivity index (χ0v) is 20.6. The van der Waals surface area contributed by atoms with Crippen molar-refractivity contribution in [3.8, 4) is 22.9 Å². The summed E-state index contributed by atoms with van der Waals surface area (Å²) in [4.78, 5) is 12.5. The lowest BCUT2D eigenvalue weighted by atomic mass is 10.1. The molecule has 4 aromatic rings. The van der Waals surface area contributed by atoms with Crippen LogP contribution in [0.3, 0.4) is 0 Å². The van der Waals surface area contributed by atoms with Crippen LogP contribution in [0.5, 0.6) is 5.75 Å². The molecule has 0 aliphatic heterocycles. The summed E-state index contributed by atoms with van der Waals surface area (Å²) in [5, 5.41) is 21.2. The summed E-state index contributed by atoms with van der Waals surface area (Å²) in [5.74, 6) is 1.25. The molecule has 0 saturated heterocycles. The molecule has 0 unspecified atom stereocenters. The minimum Gasteiger partial charge on any atom is -0.485 e. The largest absolute Gasteiger partial charge is 0.485 e. The number of anilines is 1. The fraction of sp³-hybridized carbons (Fsp3) is 0.185. The predicted octanol–water partition coefficient (Wildman–Crippen LogP) is 4.77. The van der Waals surface area contributed by atoms with Crippen molar-refractivity contribution in [2.24, 2.45) is 0 Å². The third kappa shape index (κ3) is 6.30. The molecule has 0 saturated carbocycles. The van der Waals surface area contributed by atoms with E-state index in [1.165, 1.54) is 11.8 Å². The Hall–Kier alpha value is -4.13. The van der Waals surface area contributed by atoms with Gasteiger partial charge in [-0.05, 0) is 23.8 Å². The number of para-hydroxylation sites is 2. The van der Waals surface area contributed by atoms with E-state index in [1.54, 1.807) is 31.4 Å². The van der Waals surface area contributed by atoms with Crippen LogP contribution in [-0.2, 0) is 22.7 Å². The molecule has 36 heavy (non-hydrogen) atoms. The molecule has 182 valence electrons. The van der Waals surface area contributed by atoms with Crippen molar-refractivity contribution in [1.29, 1.82) is 5.26 Å². The Morgan fingerprint density at radius 1 is 1.03 bits per heavy atom. The van der Waals surface area contributed by atoms with Crippen molar-refractivity contribution in [2.45, 2.75) is 18.3 Å². The Morgan fingerprint density at radius 3 is 2.58 bits per heavy atom. The summed E-state index contributed by atoms with van der Waals surface area (Å²) >= 11 is 1.26. The minimum atomic E-state index is -0.237. The molecule has 0 bridgehead atoms. The molecule has 1 aromatic heterocycles. The van der Waals surface area contributed by atoms with E-state index in [2.05, 4.69) is 21.6 Å². The van der Waals surface area contributed by atoms with Crippen LogP contribution >= 0.6 is 11.8 Å². The van der Waals surface area contributed by atoms with E-state index in [0.29, 0.717) is 35.4 Å². The van der Waals surface area contributed by atoms with E-state index in [-0.39, 0.29) is 18.3 Å². The van der Waals surface area contributed by atoms with Crippen molar-refractivity contribution in [2.75, 3.05) is 24.8 Å². The van der Waals surface area contributed by atoms with Crippen LogP contribution in [0.2, 0.25) is 0 Å². The highest BCUT2D eigenvalue weighted by Crippen LogP contribution is 2.30. The van der Waals surface area contributed by atoms with Gasteiger partial charge in [0.05, 0.1) is 23.6 Å². The number of carbonyl (C=O) groups is 1. The first-order chi connectivity index (χ1) is 17.7. The first-order valence-corrected chi connectivity index (χ1v) is 12.3. The van der Waals surface area contributed by atoms with E-state index >= 15 is 0 Å². The highest BCUT2D eigenvalue weighted by Gasteiger charge is 2.16. The quantitative estimate of drug-likeness (QED) is 0.297. The minimum absolute atomic E-state index is 0.114. The van der Waals surface area contributed by atoms with E-state index < -0.39 is 0 Å². The first-order valence-electron chi connectivity index (χ1n) is 11.3. The lowest BCUT2D eigenvalue weighted by Gasteiger charge is -2.13. The first kappa shape index (κ1) is 25.0. The molecular weight excluding hydrogens is 474 g/mol. The monoisotopic (exact) mass is 499 g/mol. The summed E-state index contributed by atoms with van der Waals surface area (Å²) in [6.07, 6.45) is 0. The fourth-order valence-corrected chi connectivity index (χ4v) is 4.32. The number of ether oxygens (including phenoxy) is 2. The van der Waals surface area contributed by atoms with Gasteiger partial charge in [-0.1, -0.05) is 72.4 Å². The van der Waals surface area contributed by atoms with Gasteiger partial charge in [0.2, 0.25) is 5.91 Å². The van der Waals surface area contributed by atoms with Gasteiger partial charge in [-0.15, -0.1) is 10.2 Å². The van der Waals surface area contributed by atoms with Crippen molar-refractivity contribution in [3.05, 3.63) is 90.3 Å². The van der Waals surface area contributed by atoms with Crippen LogP contribution in [-0.4, -0.2) is 40.1 Å². The number of nitrogens with zero attached hydrogens (tertiary/aromatic N) is 4. The van der Waals surface area contributed by atoms with Crippen molar-refractivity contribution < 1.29 is 14.3 Å². The topological polar surface area (TPSA) is 102 Å². The van der Waals surface area contributed by atoms with Gasteiger partial charge in [0.1, 0.15) is 18.4 Å². The van der Waals surface area contributed by atoms with E-state index in [9.17, 15) is 10.1 Å². The van der Waals surface area contributed by atoms with Gasteiger partial charge in [-0.25, -0.2) is 0 Å². The Balaban J connectivity index is 1.45. The number of thioether (sulfide) groups is 1. The number of carbonyl (C=O) groups excluding carboxylic acids is 1. The van der Waals surface area contributed by atoms with Gasteiger partial charge < -0.3 is 19.4 Å². The number of nitriles is 1. The zero-order valence-electron chi connectivity index (χ0n) is 19.8. The zero-order chi connectivity index (χ0) is 25.2. The van der Waals surface area contributed by atoms with Gasteiger partial charge in [-0.2, -0.15) is 5.26 Å². The maximum atomic E-state index is 12.5. The number of methoxy groups -OCH3 is 1. The number of hydrogen-bond acceptors (Lipinski definition) is 7. The van der Waals surface area contributed by atoms with E-state index in [1.807, 2.05) is 59.2 Å². The van der Waals surface area contributed by atoms with Gasteiger partial charge in [0.25, 0.3) is 0 Å². The standard InChI is InChI=1S/C27H25N5O3S/c1-34-16-15-32-25(18-35-24-14-8-6-12-22(24)20-9-3-2-4-10-20)30-31-27(32)36-19-26(33)29-23-13-7-5-11-21(23)17-28/h2-14H,15-16,18-19H2,1H3,(H,29,33). The van der Waals surface area contributed by atoms with Crippen molar-refractivity contribution in [1.82, 2.24) is 14.8 Å². The molecule has 0 aliphatic carbocycles. The average Bonchev–Trinajstić information content (AvgIpc) is 3.31. The Labute approximate surface area is 213 Å². The maximum Gasteiger partial charge on any atom is 0.234 e. The number of amides is 1. The number of rotatable bonds is 11. The van der Waals surface area contributed by atoms with Gasteiger partial charge in [0, 0.05) is 19.2 Å². The summed E-state index contributed by atoms with van der Waals surface area (Å²) in [7, 11) is 1.63. The predicted molar refractivity (Wildman–Crippen MR) is 139 cm³/mol. The molecule has 0 radical (unpaired) electrons. The van der Waals surface area contributed by atoms with Gasteiger partial charge in [0.15, 0.2) is 11.0 Å². The number of hydrogen-bond donors (Lipinski definition) is 1. The summed E-state index contributed by atoms with van der Waals surface area (Å²) < 4.78 is 13.3. The number of nitrogens with one attached hydrogen (secondary N) is 1. The van der Waals surface area contributed by atoms with Gasteiger partial charge >= 0.3 is 0 Å². The number of aromatic nitrogens is 3. The van der Waals surface area contributed by atoms with Crippen LogP contribution in [0, 0.1) is 11.3 Å². The highest BCUT2D eigenvalue weighted by molar-refractivity contribution is 7.99. The Morgan fingerprint density at radius 2 is 1.78 bits per heavy atom. The molecule has 0 atom stereocenters. The van der Waals surface area contributed by atoms with E-state index in [0.717, 1.165) is 16.9 Å². The third-order valence-electron chi connectivity index (χ3n) is 5.30. The molecule has 4 rings (SSSR count). The third-order valence-corrected chi connectivity index (χ3v) is 6.26. The molecule has 1 heterocycles. The highest BCUT2D eigenvalue weighted by atomic mass is 32.2. The molecule has 1 amide bonds. The number of benzene rings is 3. The van der Waals surface area contributed by atoms with E-state index in [4.69, 9.17) is 9.47 Å². The molecule has 0 aliphatic rings. The second-order valence-corrected chi connectivity index (χ2v) is 8.63. The lowest BCUT2D eigenvalue weighted by Crippen LogP contribution is -2.16. The van der Waals surface area contributed by atoms with Crippen molar-refractivity contribution in [3.63, 3.8) is 0 Å². The smallest absolute Gasteiger partial charge is 0.234 e. The van der Waals surface area contributed by atoms with Crippen LogP contribution in [0.15, 0.2) is 84.0 Å². The maximum absolute atomic E-state index is 12.5. The average molecular weight is 500 g/mol. The molecule has 0 fully saturated rings. The molecule has 1 N–H and O–H groups in total. The van der Waals surface area contributed by atoms with Crippen LogP contribution in [0.1, 0.15) is 11.4 Å². The van der Waals surface area contributed by atoms with Crippen LogP contribution < -0.4 is 10.1 Å². The molecule has 9 heteroatoms. The summed E-state index contributed by atoms with van der Waals surface area (Å²) in [6, 6.07) is 26.9. The summed E-state index contributed by atoms with van der Waals surface area (Å²) in [5.41, 5.74) is 2.95. The fourth-order valence-electron chi connectivity index (χ4n) is 3.54. The molecular formula is C27H25N5O3S. The SMILES string of the molecule is COCCn1c(COc2ccccc2-c2ccccc2)nnc1SCC(=O)Nc1ccccc1C#N. The molecule has 8 nitrogen and oxygen atoms in total. The van der Waals surface area contributed by atoms with Gasteiger partial charge in [-0.3, -0.25) is 4.79 Å². The van der Waals surface area contributed by atoms with Crippen LogP contribution in [0.25, 0.3) is 11.1 Å². The Bertz CT molecular complexity index is 1350. The second-order valence-electron chi connectivity index (χ2n) is 7.69. The lowest BCUT2D eigenvalue weighted by molar-refractivity contribution is -0.113.